The summed E-state index contributed by atoms with van der Waals surface area (Å²) >= 11 is 0. The lowest BCUT2D eigenvalue weighted by Gasteiger charge is -2.11. The van der Waals surface area contributed by atoms with Gasteiger partial charge in [0.2, 0.25) is 0 Å². The molecule has 0 fully saturated rings. The van der Waals surface area contributed by atoms with E-state index in [1.165, 1.54) is 5.56 Å². The summed E-state index contributed by atoms with van der Waals surface area (Å²) in [6, 6.07) is 8.23. The first-order valence-electron chi connectivity index (χ1n) is 6.07. The normalized spacial score (nSPS) is 10.7. The lowest BCUT2D eigenvalue weighted by molar-refractivity contribution is 0.416. The van der Waals surface area contributed by atoms with E-state index >= 15 is 0 Å². The third kappa shape index (κ3) is 2.32. The van der Waals surface area contributed by atoms with Gasteiger partial charge >= 0.3 is 0 Å². The first kappa shape index (κ1) is 12.5. The van der Waals surface area contributed by atoms with Crippen LogP contribution in [0, 0.1) is 0 Å². The Kier molecular flexibility index (Phi) is 3.55. The molecule has 0 amide bonds. The molecule has 0 unspecified atom stereocenters. The topological polar surface area (TPSA) is 49.9 Å². The van der Waals surface area contributed by atoms with Crippen molar-refractivity contribution in [3.63, 3.8) is 0 Å². The van der Waals surface area contributed by atoms with Crippen molar-refractivity contribution in [1.29, 1.82) is 0 Å². The molecule has 0 saturated heterocycles. The standard InChI is InChI=1S/C14H19N3O/c1-9(2)10-5-6-13(18-4)11(7-10)12-8-14(15-3)17-16-12/h5-9H,1-4H3,(H2,15,16,17). The summed E-state index contributed by atoms with van der Waals surface area (Å²) in [5.74, 6) is 2.16. The van der Waals surface area contributed by atoms with Gasteiger partial charge in [0.25, 0.3) is 0 Å². The van der Waals surface area contributed by atoms with Gasteiger partial charge < -0.3 is 10.1 Å². The van der Waals surface area contributed by atoms with Crippen LogP contribution in [0.3, 0.4) is 0 Å². The van der Waals surface area contributed by atoms with Crippen LogP contribution in [0.25, 0.3) is 11.3 Å². The van der Waals surface area contributed by atoms with E-state index in [1.807, 2.05) is 19.2 Å². The average Bonchev–Trinajstić information content (AvgIpc) is 2.86. The Morgan fingerprint density at radius 3 is 2.61 bits per heavy atom. The molecule has 0 aliphatic heterocycles. The van der Waals surface area contributed by atoms with Gasteiger partial charge in [0.05, 0.1) is 12.8 Å². The molecule has 1 aromatic carbocycles. The molecule has 0 radical (unpaired) electrons. The molecule has 0 bridgehead atoms. The highest BCUT2D eigenvalue weighted by Crippen LogP contribution is 2.32. The van der Waals surface area contributed by atoms with Crippen LogP contribution in [0.15, 0.2) is 24.3 Å². The second kappa shape index (κ2) is 5.12. The second-order valence-corrected chi connectivity index (χ2v) is 4.53. The number of H-pyrrole nitrogens is 1. The Morgan fingerprint density at radius 2 is 2.06 bits per heavy atom. The van der Waals surface area contributed by atoms with Gasteiger partial charge in [-0.2, -0.15) is 5.10 Å². The number of aromatic nitrogens is 2. The summed E-state index contributed by atoms with van der Waals surface area (Å²) in [5.41, 5.74) is 3.28. The Hall–Kier alpha value is -1.97. The molecule has 2 aromatic rings. The predicted octanol–water partition coefficient (Wildman–Crippen LogP) is 3.25. The van der Waals surface area contributed by atoms with E-state index < -0.39 is 0 Å². The lowest BCUT2D eigenvalue weighted by atomic mass is 9.99. The minimum atomic E-state index is 0.487. The molecular weight excluding hydrogens is 226 g/mol. The fourth-order valence-corrected chi connectivity index (χ4v) is 1.88. The van der Waals surface area contributed by atoms with Gasteiger partial charge in [-0.15, -0.1) is 0 Å². The average molecular weight is 245 g/mol. The van der Waals surface area contributed by atoms with E-state index in [-0.39, 0.29) is 0 Å². The zero-order valence-electron chi connectivity index (χ0n) is 11.2. The molecule has 18 heavy (non-hydrogen) atoms. The highest BCUT2D eigenvalue weighted by atomic mass is 16.5. The first-order chi connectivity index (χ1) is 8.65. The molecule has 0 saturated carbocycles. The fourth-order valence-electron chi connectivity index (χ4n) is 1.88. The molecule has 0 atom stereocenters. The molecule has 4 nitrogen and oxygen atoms in total. The fraction of sp³-hybridized carbons (Fsp3) is 0.357. The van der Waals surface area contributed by atoms with Crippen LogP contribution >= 0.6 is 0 Å². The summed E-state index contributed by atoms with van der Waals surface area (Å²) < 4.78 is 5.41. The zero-order valence-corrected chi connectivity index (χ0v) is 11.2. The second-order valence-electron chi connectivity index (χ2n) is 4.53. The summed E-state index contributed by atoms with van der Waals surface area (Å²) in [6.07, 6.45) is 0. The molecule has 0 spiro atoms. The molecule has 0 aliphatic carbocycles. The van der Waals surface area contributed by atoms with Gasteiger partial charge in [-0.1, -0.05) is 19.9 Å². The van der Waals surface area contributed by atoms with Gasteiger partial charge in [0.15, 0.2) is 0 Å². The van der Waals surface area contributed by atoms with Crippen LogP contribution in [0.1, 0.15) is 25.3 Å². The Bertz CT molecular complexity index is 532. The quantitative estimate of drug-likeness (QED) is 0.869. The third-order valence-corrected chi connectivity index (χ3v) is 3.01. The Balaban J connectivity index is 2.49. The van der Waals surface area contributed by atoms with Gasteiger partial charge in [-0.05, 0) is 23.6 Å². The largest absolute Gasteiger partial charge is 0.496 e. The highest BCUT2D eigenvalue weighted by Gasteiger charge is 2.11. The minimum absolute atomic E-state index is 0.487. The van der Waals surface area contributed by atoms with E-state index in [2.05, 4.69) is 41.5 Å². The number of methoxy groups -OCH3 is 1. The summed E-state index contributed by atoms with van der Waals surface area (Å²) in [4.78, 5) is 0. The van der Waals surface area contributed by atoms with Crippen LogP contribution in [0.5, 0.6) is 5.75 Å². The van der Waals surface area contributed by atoms with Gasteiger partial charge in [0.1, 0.15) is 11.6 Å². The highest BCUT2D eigenvalue weighted by molar-refractivity contribution is 5.70. The third-order valence-electron chi connectivity index (χ3n) is 3.01. The van der Waals surface area contributed by atoms with Gasteiger partial charge in [-0.25, -0.2) is 0 Å². The maximum Gasteiger partial charge on any atom is 0.148 e. The van der Waals surface area contributed by atoms with E-state index in [0.29, 0.717) is 5.92 Å². The number of nitrogens with zero attached hydrogens (tertiary/aromatic N) is 1. The number of nitrogens with one attached hydrogen (secondary N) is 2. The molecule has 1 aromatic heterocycles. The van der Waals surface area contributed by atoms with E-state index in [0.717, 1.165) is 22.8 Å². The van der Waals surface area contributed by atoms with Crippen molar-refractivity contribution in [3.05, 3.63) is 29.8 Å². The number of rotatable bonds is 4. The monoisotopic (exact) mass is 245 g/mol. The van der Waals surface area contributed by atoms with Crippen molar-refractivity contribution in [2.45, 2.75) is 19.8 Å². The number of anilines is 1. The summed E-state index contributed by atoms with van der Waals surface area (Å²) in [7, 11) is 3.53. The maximum absolute atomic E-state index is 5.41. The van der Waals surface area contributed by atoms with Crippen LogP contribution in [-0.4, -0.2) is 24.4 Å². The predicted molar refractivity (Wildman–Crippen MR) is 74.2 cm³/mol. The van der Waals surface area contributed by atoms with E-state index in [9.17, 15) is 0 Å². The van der Waals surface area contributed by atoms with Crippen molar-refractivity contribution >= 4 is 5.82 Å². The summed E-state index contributed by atoms with van der Waals surface area (Å²) in [6.45, 7) is 4.36. The van der Waals surface area contributed by atoms with Crippen molar-refractivity contribution in [1.82, 2.24) is 10.2 Å². The van der Waals surface area contributed by atoms with Crippen LogP contribution in [0.4, 0.5) is 5.82 Å². The molecule has 2 N–H and O–H groups in total. The van der Waals surface area contributed by atoms with Crippen LogP contribution < -0.4 is 10.1 Å². The van der Waals surface area contributed by atoms with Crippen LogP contribution in [-0.2, 0) is 0 Å². The van der Waals surface area contributed by atoms with Crippen molar-refractivity contribution < 1.29 is 4.74 Å². The van der Waals surface area contributed by atoms with Crippen LogP contribution in [0.2, 0.25) is 0 Å². The molecular formula is C14H19N3O. The van der Waals surface area contributed by atoms with Crippen molar-refractivity contribution in [2.75, 3.05) is 19.5 Å². The Morgan fingerprint density at radius 1 is 1.28 bits per heavy atom. The maximum atomic E-state index is 5.41. The number of hydrogen-bond donors (Lipinski definition) is 2. The molecule has 1 heterocycles. The minimum Gasteiger partial charge on any atom is -0.496 e. The number of ether oxygens (including phenoxy) is 1. The SMILES string of the molecule is CNc1cc(-c2cc(C(C)C)ccc2OC)[nH]n1. The zero-order chi connectivity index (χ0) is 13.1. The van der Waals surface area contributed by atoms with Crippen molar-refractivity contribution in [2.24, 2.45) is 0 Å². The number of benzene rings is 1. The van der Waals surface area contributed by atoms with Crippen molar-refractivity contribution in [3.8, 4) is 17.0 Å². The van der Waals surface area contributed by atoms with E-state index in [4.69, 9.17) is 4.74 Å². The van der Waals surface area contributed by atoms with Gasteiger partial charge in [-0.3, -0.25) is 5.10 Å². The van der Waals surface area contributed by atoms with Gasteiger partial charge in [0, 0.05) is 18.7 Å². The van der Waals surface area contributed by atoms with E-state index in [1.54, 1.807) is 7.11 Å². The smallest absolute Gasteiger partial charge is 0.148 e. The molecule has 96 valence electrons. The number of hydrogen-bond acceptors (Lipinski definition) is 3. The lowest BCUT2D eigenvalue weighted by Crippen LogP contribution is -1.93. The molecule has 0 aliphatic rings. The first-order valence-corrected chi connectivity index (χ1v) is 6.07. The Labute approximate surface area is 107 Å². The summed E-state index contributed by atoms with van der Waals surface area (Å²) in [5, 5.41) is 10.2. The molecule has 4 heteroatoms. The molecule has 2 rings (SSSR count). The number of aromatic amines is 1.